The third kappa shape index (κ3) is 4.35. The van der Waals surface area contributed by atoms with Crippen molar-refractivity contribution >= 4 is 21.6 Å². The number of carbonyl (C=O) groups is 1. The number of nitrogens with one attached hydrogen (secondary N) is 1. The lowest BCUT2D eigenvalue weighted by Crippen LogP contribution is -2.27. The van der Waals surface area contributed by atoms with E-state index in [0.717, 1.165) is 12.4 Å². The second-order valence-electron chi connectivity index (χ2n) is 5.37. The SMILES string of the molecule is CCn1ccnc1CN(C)C(=O)c1ccc(NS(=O)(=O)CC)cc1. The predicted molar refractivity (Wildman–Crippen MR) is 93.2 cm³/mol. The normalized spacial score (nSPS) is 11.3. The largest absolute Gasteiger partial charge is 0.334 e. The highest BCUT2D eigenvalue weighted by Gasteiger charge is 2.15. The molecule has 130 valence electrons. The summed E-state index contributed by atoms with van der Waals surface area (Å²) < 4.78 is 27.5. The van der Waals surface area contributed by atoms with Gasteiger partial charge < -0.3 is 9.47 Å². The van der Waals surface area contributed by atoms with Crippen LogP contribution in [0.5, 0.6) is 0 Å². The number of aromatic nitrogens is 2. The van der Waals surface area contributed by atoms with Gasteiger partial charge >= 0.3 is 0 Å². The van der Waals surface area contributed by atoms with Crippen LogP contribution in [0.1, 0.15) is 30.0 Å². The van der Waals surface area contributed by atoms with Gasteiger partial charge in [-0.05, 0) is 38.1 Å². The van der Waals surface area contributed by atoms with E-state index in [-0.39, 0.29) is 11.7 Å². The van der Waals surface area contributed by atoms with Crippen LogP contribution in [-0.4, -0.2) is 41.6 Å². The van der Waals surface area contributed by atoms with Gasteiger partial charge in [-0.2, -0.15) is 0 Å². The van der Waals surface area contributed by atoms with Crippen molar-refractivity contribution in [1.82, 2.24) is 14.5 Å². The summed E-state index contributed by atoms with van der Waals surface area (Å²) in [6.07, 6.45) is 3.59. The molecule has 0 bridgehead atoms. The van der Waals surface area contributed by atoms with E-state index in [2.05, 4.69) is 9.71 Å². The van der Waals surface area contributed by atoms with E-state index in [9.17, 15) is 13.2 Å². The van der Waals surface area contributed by atoms with Gasteiger partial charge in [0, 0.05) is 37.2 Å². The smallest absolute Gasteiger partial charge is 0.254 e. The fourth-order valence-corrected chi connectivity index (χ4v) is 2.86. The van der Waals surface area contributed by atoms with Crippen molar-refractivity contribution in [3.63, 3.8) is 0 Å². The van der Waals surface area contributed by atoms with Gasteiger partial charge in [-0.1, -0.05) is 0 Å². The van der Waals surface area contributed by atoms with Gasteiger partial charge in [-0.25, -0.2) is 13.4 Å². The van der Waals surface area contributed by atoms with E-state index in [4.69, 9.17) is 0 Å². The Morgan fingerprint density at radius 2 is 1.92 bits per heavy atom. The average Bonchev–Trinajstić information content (AvgIpc) is 3.01. The number of carbonyl (C=O) groups excluding carboxylic acids is 1. The molecule has 0 aliphatic rings. The summed E-state index contributed by atoms with van der Waals surface area (Å²) >= 11 is 0. The molecule has 0 saturated carbocycles. The highest BCUT2D eigenvalue weighted by Crippen LogP contribution is 2.14. The maximum absolute atomic E-state index is 12.5. The third-order valence-electron chi connectivity index (χ3n) is 3.65. The van der Waals surface area contributed by atoms with Crippen LogP contribution in [0.15, 0.2) is 36.7 Å². The van der Waals surface area contributed by atoms with Crippen molar-refractivity contribution in [1.29, 1.82) is 0 Å². The number of hydrogen-bond donors (Lipinski definition) is 1. The first-order valence-corrected chi connectivity index (χ1v) is 9.37. The fraction of sp³-hybridized carbons (Fsp3) is 0.375. The zero-order valence-corrected chi connectivity index (χ0v) is 14.9. The molecule has 1 aromatic carbocycles. The predicted octanol–water partition coefficient (Wildman–Crippen LogP) is 1.94. The van der Waals surface area contributed by atoms with E-state index in [0.29, 0.717) is 17.8 Å². The minimum absolute atomic E-state index is 0.000491. The maximum Gasteiger partial charge on any atom is 0.254 e. The Labute approximate surface area is 142 Å². The van der Waals surface area contributed by atoms with Crippen LogP contribution in [0, 0.1) is 0 Å². The number of imidazole rings is 1. The van der Waals surface area contributed by atoms with Crippen molar-refractivity contribution in [2.75, 3.05) is 17.5 Å². The lowest BCUT2D eigenvalue weighted by molar-refractivity contribution is 0.0780. The van der Waals surface area contributed by atoms with Gasteiger partial charge in [0.25, 0.3) is 5.91 Å². The molecule has 24 heavy (non-hydrogen) atoms. The minimum Gasteiger partial charge on any atom is -0.334 e. The molecule has 1 heterocycles. The van der Waals surface area contributed by atoms with E-state index in [1.54, 1.807) is 49.3 Å². The molecule has 0 fully saturated rings. The van der Waals surface area contributed by atoms with Crippen LogP contribution in [0.2, 0.25) is 0 Å². The van der Waals surface area contributed by atoms with Crippen LogP contribution in [-0.2, 0) is 23.1 Å². The van der Waals surface area contributed by atoms with Crippen molar-refractivity contribution in [2.24, 2.45) is 0 Å². The molecule has 7 nitrogen and oxygen atoms in total. The minimum atomic E-state index is -3.32. The Bertz CT molecular complexity index is 797. The van der Waals surface area contributed by atoms with Crippen LogP contribution in [0.25, 0.3) is 0 Å². The number of benzene rings is 1. The molecule has 0 radical (unpaired) electrons. The Kier molecular flexibility index (Phi) is 5.61. The first-order chi connectivity index (χ1) is 11.4. The number of amides is 1. The number of nitrogens with zero attached hydrogens (tertiary/aromatic N) is 3. The molecule has 0 atom stereocenters. The van der Waals surface area contributed by atoms with Gasteiger partial charge in [0.2, 0.25) is 10.0 Å². The number of hydrogen-bond acceptors (Lipinski definition) is 4. The Morgan fingerprint density at radius 1 is 1.25 bits per heavy atom. The lowest BCUT2D eigenvalue weighted by Gasteiger charge is -2.17. The van der Waals surface area contributed by atoms with Crippen LogP contribution in [0.4, 0.5) is 5.69 Å². The molecule has 0 aliphatic carbocycles. The van der Waals surface area contributed by atoms with Gasteiger partial charge in [-0.15, -0.1) is 0 Å². The standard InChI is InChI=1S/C16H22N4O3S/c1-4-20-11-10-17-15(20)12-19(3)16(21)13-6-8-14(9-7-13)18-24(22,23)5-2/h6-11,18H,4-5,12H2,1-3H3. The van der Waals surface area contributed by atoms with Crippen LogP contribution >= 0.6 is 0 Å². The van der Waals surface area contributed by atoms with Crippen molar-refractivity contribution in [3.05, 3.63) is 48.0 Å². The third-order valence-corrected chi connectivity index (χ3v) is 4.96. The summed E-state index contributed by atoms with van der Waals surface area (Å²) in [4.78, 5) is 18.3. The zero-order valence-electron chi connectivity index (χ0n) is 14.1. The molecule has 0 unspecified atom stereocenters. The summed E-state index contributed by atoms with van der Waals surface area (Å²) in [5, 5.41) is 0. The van der Waals surface area contributed by atoms with E-state index >= 15 is 0 Å². The topological polar surface area (TPSA) is 84.3 Å². The van der Waals surface area contributed by atoms with Crippen LogP contribution in [0.3, 0.4) is 0 Å². The molecular weight excluding hydrogens is 328 g/mol. The number of anilines is 1. The van der Waals surface area contributed by atoms with Crippen molar-refractivity contribution in [2.45, 2.75) is 26.9 Å². The zero-order chi connectivity index (χ0) is 17.7. The van der Waals surface area contributed by atoms with E-state index < -0.39 is 10.0 Å². The Balaban J connectivity index is 2.06. The van der Waals surface area contributed by atoms with Gasteiger partial charge in [0.15, 0.2) is 0 Å². The Hall–Kier alpha value is -2.35. The van der Waals surface area contributed by atoms with Gasteiger partial charge in [-0.3, -0.25) is 9.52 Å². The van der Waals surface area contributed by atoms with Gasteiger partial charge in [0.1, 0.15) is 5.82 Å². The summed E-state index contributed by atoms with van der Waals surface area (Å²) in [6.45, 7) is 4.78. The molecule has 0 aliphatic heterocycles. The molecular formula is C16H22N4O3S. The van der Waals surface area contributed by atoms with E-state index in [1.165, 1.54) is 0 Å². The molecule has 1 amide bonds. The Morgan fingerprint density at radius 3 is 2.50 bits per heavy atom. The molecule has 2 rings (SSSR count). The second-order valence-corrected chi connectivity index (χ2v) is 7.38. The number of rotatable bonds is 7. The van der Waals surface area contributed by atoms with Crippen LogP contribution < -0.4 is 4.72 Å². The average molecular weight is 350 g/mol. The summed E-state index contributed by atoms with van der Waals surface area (Å²) in [7, 11) is -1.61. The summed E-state index contributed by atoms with van der Waals surface area (Å²) in [5.41, 5.74) is 0.934. The molecule has 1 aromatic heterocycles. The molecule has 1 N–H and O–H groups in total. The highest BCUT2D eigenvalue weighted by molar-refractivity contribution is 7.92. The molecule has 8 heteroatoms. The summed E-state index contributed by atoms with van der Waals surface area (Å²) in [5.74, 6) is 0.673. The molecule has 0 saturated heterocycles. The first kappa shape index (κ1) is 18.0. The highest BCUT2D eigenvalue weighted by atomic mass is 32.2. The number of aryl methyl sites for hydroxylation is 1. The second kappa shape index (κ2) is 7.48. The first-order valence-electron chi connectivity index (χ1n) is 7.72. The number of sulfonamides is 1. The summed E-state index contributed by atoms with van der Waals surface area (Å²) in [6, 6.07) is 6.39. The molecule has 0 spiro atoms. The maximum atomic E-state index is 12.5. The van der Waals surface area contributed by atoms with Crippen molar-refractivity contribution in [3.8, 4) is 0 Å². The van der Waals surface area contributed by atoms with Gasteiger partial charge in [0.05, 0.1) is 12.3 Å². The van der Waals surface area contributed by atoms with E-state index in [1.807, 2.05) is 17.7 Å². The quantitative estimate of drug-likeness (QED) is 0.827. The molecule has 2 aromatic rings. The fourth-order valence-electron chi connectivity index (χ4n) is 2.22. The van der Waals surface area contributed by atoms with Crippen molar-refractivity contribution < 1.29 is 13.2 Å². The lowest BCUT2D eigenvalue weighted by atomic mass is 10.2. The monoisotopic (exact) mass is 350 g/mol.